The zero-order valence-electron chi connectivity index (χ0n) is 14.9. The lowest BCUT2D eigenvalue weighted by atomic mass is 10.1. The van der Waals surface area contributed by atoms with Gasteiger partial charge in [0.05, 0.1) is 16.3 Å². The molecular weight excluding hydrogens is 376 g/mol. The number of amidine groups is 1. The number of aryl methyl sites for hydroxylation is 1. The van der Waals surface area contributed by atoms with Gasteiger partial charge in [-0.3, -0.25) is 10.2 Å². The number of carbonyl (C=O) groups is 1. The number of anilines is 1. The molecule has 7 heteroatoms. The summed E-state index contributed by atoms with van der Waals surface area (Å²) < 4.78 is 1.28. The second kappa shape index (κ2) is 7.54. The van der Waals surface area contributed by atoms with E-state index < -0.39 is 0 Å². The van der Waals surface area contributed by atoms with Gasteiger partial charge in [-0.1, -0.05) is 36.0 Å². The molecule has 2 N–H and O–H groups in total. The molecule has 1 aromatic heterocycles. The third-order valence-electron chi connectivity index (χ3n) is 4.14. The Balaban J connectivity index is 1.55. The van der Waals surface area contributed by atoms with E-state index in [0.717, 1.165) is 28.0 Å². The van der Waals surface area contributed by atoms with Gasteiger partial charge in [0.2, 0.25) is 5.91 Å². The summed E-state index contributed by atoms with van der Waals surface area (Å²) in [6, 6.07) is 15.9. The Hall–Kier alpha value is -2.64. The van der Waals surface area contributed by atoms with Crippen LogP contribution >= 0.6 is 23.1 Å². The van der Waals surface area contributed by atoms with Gasteiger partial charge < -0.3 is 5.32 Å². The number of carbonyl (C=O) groups excluding carboxylic acids is 1. The monoisotopic (exact) mass is 394 g/mol. The van der Waals surface area contributed by atoms with E-state index in [2.05, 4.69) is 52.0 Å². The minimum atomic E-state index is -0.0992. The normalized spacial score (nSPS) is 15.5. The Kier molecular flexibility index (Phi) is 4.96. The molecule has 0 radical (unpaired) electrons. The second-order valence-electron chi connectivity index (χ2n) is 6.16. The van der Waals surface area contributed by atoms with Crippen molar-refractivity contribution in [3.05, 3.63) is 59.0 Å². The largest absolute Gasteiger partial charge is 0.326 e. The van der Waals surface area contributed by atoms with Crippen molar-refractivity contribution in [1.82, 2.24) is 5.43 Å². The lowest BCUT2D eigenvalue weighted by molar-refractivity contribution is -0.114. The number of hydrazone groups is 1. The number of aliphatic imine (C=N–C) groups is 1. The molecule has 136 valence electrons. The number of benzene rings is 2. The van der Waals surface area contributed by atoms with Crippen LogP contribution in [0.1, 0.15) is 17.4 Å². The molecule has 1 amide bonds. The highest BCUT2D eigenvalue weighted by Gasteiger charge is 2.18. The van der Waals surface area contributed by atoms with Crippen LogP contribution in [0.4, 0.5) is 11.4 Å². The van der Waals surface area contributed by atoms with Gasteiger partial charge in [0, 0.05) is 23.1 Å². The number of hydrogen-bond donors (Lipinski definition) is 2. The number of nitrogens with zero attached hydrogens (tertiary/aromatic N) is 2. The first-order valence-corrected chi connectivity index (χ1v) is 10.3. The molecule has 27 heavy (non-hydrogen) atoms. The number of fused-ring (bicyclic) bond motifs is 1. The predicted molar refractivity (Wildman–Crippen MR) is 117 cm³/mol. The third kappa shape index (κ3) is 3.89. The van der Waals surface area contributed by atoms with Crippen molar-refractivity contribution >= 4 is 61.3 Å². The molecular formula is C20H18N4OS2. The van der Waals surface area contributed by atoms with Crippen LogP contribution in [0.15, 0.2) is 58.6 Å². The molecule has 0 atom stereocenters. The summed E-state index contributed by atoms with van der Waals surface area (Å²) in [6.07, 6.45) is 0. The minimum Gasteiger partial charge on any atom is -0.326 e. The van der Waals surface area contributed by atoms with Crippen LogP contribution in [0.25, 0.3) is 10.1 Å². The lowest BCUT2D eigenvalue weighted by Gasteiger charge is -2.14. The predicted octanol–water partition coefficient (Wildman–Crippen LogP) is 4.90. The number of nitrogens with one attached hydrogen (secondary N) is 2. The summed E-state index contributed by atoms with van der Waals surface area (Å²) in [4.78, 5) is 17.0. The number of amides is 1. The zero-order valence-corrected chi connectivity index (χ0v) is 16.6. The fourth-order valence-corrected chi connectivity index (χ4v) is 4.96. The van der Waals surface area contributed by atoms with Crippen LogP contribution < -0.4 is 10.7 Å². The fraction of sp³-hybridized carbons (Fsp3) is 0.150. The Morgan fingerprint density at radius 1 is 1.22 bits per heavy atom. The number of hydrogen-bond acceptors (Lipinski definition) is 5. The van der Waals surface area contributed by atoms with Crippen molar-refractivity contribution < 1.29 is 4.79 Å². The van der Waals surface area contributed by atoms with Gasteiger partial charge in [-0.15, -0.1) is 11.3 Å². The van der Waals surface area contributed by atoms with Crippen molar-refractivity contribution in [3.8, 4) is 0 Å². The van der Waals surface area contributed by atoms with E-state index in [4.69, 9.17) is 0 Å². The molecule has 1 aliphatic heterocycles. The van der Waals surface area contributed by atoms with Gasteiger partial charge in [0.25, 0.3) is 0 Å². The lowest BCUT2D eigenvalue weighted by Crippen LogP contribution is -2.25. The van der Waals surface area contributed by atoms with Crippen LogP contribution in [0.2, 0.25) is 0 Å². The Bertz CT molecular complexity index is 1080. The molecule has 0 saturated heterocycles. The molecule has 3 aromatic rings. The molecule has 0 bridgehead atoms. The van der Waals surface area contributed by atoms with E-state index >= 15 is 0 Å². The van der Waals surface area contributed by atoms with E-state index in [0.29, 0.717) is 0 Å². The Labute approximate surface area is 165 Å². The first kappa shape index (κ1) is 17.8. The summed E-state index contributed by atoms with van der Waals surface area (Å²) >= 11 is 3.41. The zero-order chi connectivity index (χ0) is 18.8. The summed E-state index contributed by atoms with van der Waals surface area (Å²) in [6.45, 7) is 3.64. The molecule has 4 rings (SSSR count). The maximum atomic E-state index is 11.2. The third-order valence-corrected chi connectivity index (χ3v) is 6.33. The fourth-order valence-electron chi connectivity index (χ4n) is 2.91. The van der Waals surface area contributed by atoms with Gasteiger partial charge in [0.1, 0.15) is 0 Å². The number of thiophene rings is 1. The smallest absolute Gasteiger partial charge is 0.221 e. The van der Waals surface area contributed by atoms with Crippen molar-refractivity contribution in [1.29, 1.82) is 0 Å². The van der Waals surface area contributed by atoms with Crippen molar-refractivity contribution in [3.63, 3.8) is 0 Å². The molecule has 0 fully saturated rings. The van der Waals surface area contributed by atoms with Gasteiger partial charge in [-0.2, -0.15) is 5.10 Å². The highest BCUT2D eigenvalue weighted by molar-refractivity contribution is 8.14. The van der Waals surface area contributed by atoms with Crippen LogP contribution in [-0.4, -0.2) is 22.5 Å². The molecule has 0 unspecified atom stereocenters. The number of rotatable bonds is 3. The van der Waals surface area contributed by atoms with Crippen LogP contribution in [0, 0.1) is 6.92 Å². The highest BCUT2D eigenvalue weighted by atomic mass is 32.2. The van der Waals surface area contributed by atoms with E-state index in [1.165, 1.54) is 27.5 Å². The average Bonchev–Trinajstić information content (AvgIpc) is 2.99. The summed E-state index contributed by atoms with van der Waals surface area (Å²) in [5.74, 6) is 0.670. The van der Waals surface area contributed by atoms with Crippen LogP contribution in [0.5, 0.6) is 0 Å². The number of thioether (sulfide) groups is 1. The molecule has 5 nitrogen and oxygen atoms in total. The average molecular weight is 395 g/mol. The summed E-state index contributed by atoms with van der Waals surface area (Å²) in [5, 5.41) is 9.37. The summed E-state index contributed by atoms with van der Waals surface area (Å²) in [5.41, 5.74) is 6.90. The van der Waals surface area contributed by atoms with E-state index in [1.807, 2.05) is 24.3 Å². The van der Waals surface area contributed by atoms with Gasteiger partial charge in [-0.25, -0.2) is 4.99 Å². The highest BCUT2D eigenvalue weighted by Crippen LogP contribution is 2.32. The van der Waals surface area contributed by atoms with Crippen molar-refractivity contribution in [2.24, 2.45) is 10.1 Å². The second-order valence-corrected chi connectivity index (χ2v) is 8.18. The Morgan fingerprint density at radius 3 is 2.81 bits per heavy atom. The van der Waals surface area contributed by atoms with E-state index in [-0.39, 0.29) is 5.91 Å². The molecule has 2 aromatic carbocycles. The van der Waals surface area contributed by atoms with Gasteiger partial charge >= 0.3 is 0 Å². The first-order chi connectivity index (χ1) is 13.1. The van der Waals surface area contributed by atoms with E-state index in [1.54, 1.807) is 23.1 Å². The molecule has 1 aliphatic rings. The molecule has 0 spiro atoms. The minimum absolute atomic E-state index is 0.0992. The van der Waals surface area contributed by atoms with Crippen LogP contribution in [-0.2, 0) is 4.79 Å². The van der Waals surface area contributed by atoms with Gasteiger partial charge in [-0.05, 0) is 42.1 Å². The summed E-state index contributed by atoms with van der Waals surface area (Å²) in [7, 11) is 0. The molecule has 0 saturated carbocycles. The topological polar surface area (TPSA) is 65.8 Å². The van der Waals surface area contributed by atoms with Crippen molar-refractivity contribution in [2.45, 2.75) is 13.8 Å². The maximum Gasteiger partial charge on any atom is 0.221 e. The van der Waals surface area contributed by atoms with Gasteiger partial charge in [0.15, 0.2) is 5.17 Å². The first-order valence-electron chi connectivity index (χ1n) is 8.50. The molecule has 2 heterocycles. The standard InChI is InChI=1S/C20H18N4OS2/c1-12-16-8-3-4-9-18(16)27-19(12)17-11-26-20(24-23-17)22-15-7-5-6-14(10-15)21-13(2)25/h3-10H,11H2,1-2H3,(H,21,25)(H,22,24). The maximum absolute atomic E-state index is 11.2. The SMILES string of the molecule is CC(=O)Nc1cccc(N=C2NN=C(c3sc4ccccc4c3C)CS2)c1. The Morgan fingerprint density at radius 2 is 2.07 bits per heavy atom. The van der Waals surface area contributed by atoms with E-state index in [9.17, 15) is 4.79 Å². The quantitative estimate of drug-likeness (QED) is 0.664. The van der Waals surface area contributed by atoms with Crippen LogP contribution in [0.3, 0.4) is 0 Å². The molecule has 0 aliphatic carbocycles. The van der Waals surface area contributed by atoms with Crippen molar-refractivity contribution in [2.75, 3.05) is 11.1 Å².